The lowest BCUT2D eigenvalue weighted by atomic mass is 9.99. The molecule has 1 N–H and O–H groups in total. The maximum Gasteiger partial charge on any atom is 0.454 e. The zero-order valence-corrected chi connectivity index (χ0v) is 17.1. The van der Waals surface area contributed by atoms with Crippen LogP contribution in [0.3, 0.4) is 0 Å². The van der Waals surface area contributed by atoms with Crippen molar-refractivity contribution < 1.29 is 22.7 Å². The lowest BCUT2D eigenvalue weighted by molar-refractivity contribution is -0.288. The zero-order chi connectivity index (χ0) is 21.2. The highest BCUT2D eigenvalue weighted by atomic mass is 32.2. The minimum Gasteiger partial charge on any atom is -0.436 e. The molecule has 1 aliphatic heterocycles. The van der Waals surface area contributed by atoms with Gasteiger partial charge < -0.3 is 4.74 Å². The van der Waals surface area contributed by atoms with E-state index in [9.17, 15) is 18.0 Å². The molecule has 158 valence electrons. The van der Waals surface area contributed by atoms with Crippen molar-refractivity contribution in [3.05, 3.63) is 48.2 Å². The molecule has 0 saturated carbocycles. The van der Waals surface area contributed by atoms with E-state index in [0.717, 1.165) is 18.6 Å². The van der Waals surface area contributed by atoms with E-state index >= 15 is 0 Å². The summed E-state index contributed by atoms with van der Waals surface area (Å²) >= 11 is 0.722. The fourth-order valence-corrected chi connectivity index (χ4v) is 4.33. The van der Waals surface area contributed by atoms with E-state index in [-0.39, 0.29) is 11.4 Å². The van der Waals surface area contributed by atoms with Gasteiger partial charge in [-0.15, -0.1) is 0 Å². The second kappa shape index (κ2) is 8.27. The van der Waals surface area contributed by atoms with E-state index in [1.807, 2.05) is 13.8 Å². The first-order valence-corrected chi connectivity index (χ1v) is 9.95. The molecular formula is C19H23F3N4O2S. The van der Waals surface area contributed by atoms with Gasteiger partial charge in [-0.05, 0) is 18.8 Å². The maximum absolute atomic E-state index is 14.7. The van der Waals surface area contributed by atoms with E-state index < -0.39 is 23.9 Å². The standard InChI is InChI=1S/C19H23F3N4O2S/c1-13(2)9-10-15-17(27)26(29-25(15)3)18(19(20,21)22,14-7-5-4-6-8-14)28-16-11-12-23-24-16/h4-8,11-13,15H,9-10H2,1-3H3,(H,23,24). The number of amides is 1. The van der Waals surface area contributed by atoms with Gasteiger partial charge in [-0.3, -0.25) is 4.79 Å². The summed E-state index contributed by atoms with van der Waals surface area (Å²) in [6.07, 6.45) is -2.45. The van der Waals surface area contributed by atoms with Crippen molar-refractivity contribution >= 4 is 18.0 Å². The van der Waals surface area contributed by atoms with Crippen LogP contribution in [-0.2, 0) is 10.5 Å². The highest BCUT2D eigenvalue weighted by molar-refractivity contribution is 7.95. The van der Waals surface area contributed by atoms with Crippen LogP contribution >= 0.6 is 12.1 Å². The normalized spacial score (nSPS) is 20.3. The number of hydrogen-bond acceptors (Lipinski definition) is 5. The van der Waals surface area contributed by atoms with Gasteiger partial charge in [0.15, 0.2) is 0 Å². The Morgan fingerprint density at radius 2 is 1.93 bits per heavy atom. The van der Waals surface area contributed by atoms with Gasteiger partial charge in [-0.25, -0.2) is 13.7 Å². The molecule has 10 heteroatoms. The summed E-state index contributed by atoms with van der Waals surface area (Å²) < 4.78 is 51.7. The Kier molecular flexibility index (Phi) is 6.13. The number of carbonyl (C=O) groups is 1. The number of ether oxygens (including phenoxy) is 1. The SMILES string of the molecule is CC(C)CCC1C(=O)N(C(Oc2ccn[nH]2)(c2ccccc2)C(F)(F)F)SN1C. The Balaban J connectivity index is 2.09. The van der Waals surface area contributed by atoms with E-state index in [2.05, 4.69) is 10.2 Å². The summed E-state index contributed by atoms with van der Waals surface area (Å²) in [5.41, 5.74) is -3.20. The number of rotatable bonds is 7. The van der Waals surface area contributed by atoms with E-state index in [1.54, 1.807) is 17.4 Å². The first-order valence-electron chi connectivity index (χ1n) is 9.22. The summed E-state index contributed by atoms with van der Waals surface area (Å²) in [4.78, 5) is 13.2. The van der Waals surface area contributed by atoms with Gasteiger partial charge in [0.25, 0.3) is 5.91 Å². The molecule has 2 atom stereocenters. The number of nitrogens with zero attached hydrogens (tertiary/aromatic N) is 3. The third kappa shape index (κ3) is 4.09. The molecule has 1 aromatic heterocycles. The average molecular weight is 428 g/mol. The monoisotopic (exact) mass is 428 g/mol. The third-order valence-electron chi connectivity index (χ3n) is 4.72. The topological polar surface area (TPSA) is 61.5 Å². The molecule has 2 unspecified atom stereocenters. The minimum absolute atomic E-state index is 0.187. The molecule has 1 fully saturated rings. The lowest BCUT2D eigenvalue weighted by Gasteiger charge is -2.40. The molecule has 1 aliphatic rings. The van der Waals surface area contributed by atoms with Crippen LogP contribution in [0, 0.1) is 5.92 Å². The van der Waals surface area contributed by atoms with Crippen LogP contribution in [0.1, 0.15) is 32.3 Å². The first-order chi connectivity index (χ1) is 13.7. The van der Waals surface area contributed by atoms with Crippen LogP contribution in [0.5, 0.6) is 5.88 Å². The molecule has 1 saturated heterocycles. The number of likely N-dealkylation sites (N-methyl/N-ethyl adjacent to an activating group) is 1. The Hall–Kier alpha value is -2.20. The van der Waals surface area contributed by atoms with Gasteiger partial charge in [0.2, 0.25) is 5.88 Å². The molecular weight excluding hydrogens is 405 g/mol. The first kappa shape index (κ1) is 21.5. The maximum atomic E-state index is 14.7. The van der Waals surface area contributed by atoms with Crippen LogP contribution in [-0.4, -0.2) is 44.0 Å². The summed E-state index contributed by atoms with van der Waals surface area (Å²) in [5, 5.41) is 6.07. The highest BCUT2D eigenvalue weighted by Gasteiger charge is 2.67. The Bertz CT molecular complexity index is 817. The summed E-state index contributed by atoms with van der Waals surface area (Å²) in [7, 11) is 1.62. The summed E-state index contributed by atoms with van der Waals surface area (Å²) in [5.74, 6) is -0.496. The van der Waals surface area contributed by atoms with Gasteiger partial charge >= 0.3 is 11.9 Å². The Morgan fingerprint density at radius 3 is 2.48 bits per heavy atom. The largest absolute Gasteiger partial charge is 0.454 e. The fourth-order valence-electron chi connectivity index (χ4n) is 3.20. The van der Waals surface area contributed by atoms with Gasteiger partial charge in [-0.1, -0.05) is 44.2 Å². The average Bonchev–Trinajstić information content (AvgIpc) is 3.26. The number of carbonyl (C=O) groups excluding carboxylic acids is 1. The summed E-state index contributed by atoms with van der Waals surface area (Å²) in [6, 6.07) is 7.80. The number of nitrogens with one attached hydrogen (secondary N) is 1. The Morgan fingerprint density at radius 1 is 1.24 bits per heavy atom. The summed E-state index contributed by atoms with van der Waals surface area (Å²) in [6.45, 7) is 4.02. The molecule has 0 radical (unpaired) electrons. The van der Waals surface area contributed by atoms with Crippen molar-refractivity contribution in [3.63, 3.8) is 0 Å². The van der Waals surface area contributed by atoms with Crippen molar-refractivity contribution in [2.75, 3.05) is 7.05 Å². The number of aromatic amines is 1. The quantitative estimate of drug-likeness (QED) is 0.665. The highest BCUT2D eigenvalue weighted by Crippen LogP contribution is 2.51. The van der Waals surface area contributed by atoms with Gasteiger partial charge in [-0.2, -0.15) is 18.3 Å². The molecule has 29 heavy (non-hydrogen) atoms. The van der Waals surface area contributed by atoms with Crippen molar-refractivity contribution in [1.82, 2.24) is 18.8 Å². The number of halogens is 3. The fraction of sp³-hybridized carbons (Fsp3) is 0.474. The number of hydrogen-bond donors (Lipinski definition) is 1. The molecule has 0 spiro atoms. The van der Waals surface area contributed by atoms with Crippen LogP contribution < -0.4 is 4.74 Å². The van der Waals surface area contributed by atoms with E-state index in [4.69, 9.17) is 4.74 Å². The Labute approximate surface area is 171 Å². The molecule has 2 heterocycles. The zero-order valence-electron chi connectivity index (χ0n) is 16.3. The van der Waals surface area contributed by atoms with E-state index in [0.29, 0.717) is 16.6 Å². The second-order valence-electron chi connectivity index (χ2n) is 7.28. The van der Waals surface area contributed by atoms with Crippen molar-refractivity contribution in [3.8, 4) is 5.88 Å². The van der Waals surface area contributed by atoms with Crippen LogP contribution in [0.25, 0.3) is 0 Å². The van der Waals surface area contributed by atoms with Crippen LogP contribution in [0.15, 0.2) is 42.6 Å². The van der Waals surface area contributed by atoms with Crippen molar-refractivity contribution in [1.29, 1.82) is 0 Å². The number of alkyl halides is 3. The predicted molar refractivity (Wildman–Crippen MR) is 103 cm³/mol. The van der Waals surface area contributed by atoms with E-state index in [1.165, 1.54) is 36.5 Å². The minimum atomic E-state index is -4.92. The smallest absolute Gasteiger partial charge is 0.436 e. The van der Waals surface area contributed by atoms with Gasteiger partial charge in [0.1, 0.15) is 6.04 Å². The lowest BCUT2D eigenvalue weighted by Crippen LogP contribution is -2.59. The third-order valence-corrected chi connectivity index (χ3v) is 5.83. The van der Waals surface area contributed by atoms with Crippen LogP contribution in [0.4, 0.5) is 13.2 Å². The second-order valence-corrected chi connectivity index (χ2v) is 8.38. The molecule has 0 aliphatic carbocycles. The molecule has 0 bridgehead atoms. The molecule has 1 aromatic carbocycles. The number of benzene rings is 1. The molecule has 3 rings (SSSR count). The number of H-pyrrole nitrogens is 1. The molecule has 2 aromatic rings. The predicted octanol–water partition coefficient (Wildman–Crippen LogP) is 4.35. The van der Waals surface area contributed by atoms with Gasteiger partial charge in [0, 0.05) is 30.8 Å². The molecule has 1 amide bonds. The van der Waals surface area contributed by atoms with Crippen LogP contribution in [0.2, 0.25) is 0 Å². The molecule has 6 nitrogen and oxygen atoms in total. The van der Waals surface area contributed by atoms with Crippen molar-refractivity contribution in [2.24, 2.45) is 5.92 Å². The number of aromatic nitrogens is 2. The van der Waals surface area contributed by atoms with Gasteiger partial charge in [0.05, 0.1) is 6.20 Å². The van der Waals surface area contributed by atoms with Crippen molar-refractivity contribution in [2.45, 2.75) is 44.6 Å².